The molecule has 0 radical (unpaired) electrons. The van der Waals surface area contributed by atoms with Crippen LogP contribution in [0.2, 0.25) is 0 Å². The van der Waals surface area contributed by atoms with Crippen LogP contribution in [0.1, 0.15) is 26.3 Å². The summed E-state index contributed by atoms with van der Waals surface area (Å²) in [5.74, 6) is -0.900. The zero-order valence-corrected chi connectivity index (χ0v) is 13.4. The van der Waals surface area contributed by atoms with E-state index in [1.165, 1.54) is 0 Å². The molecule has 0 bridgehead atoms. The number of benzene rings is 1. The number of guanidine groups is 1. The van der Waals surface area contributed by atoms with Gasteiger partial charge >= 0.3 is 12.1 Å². The molecule has 1 atom stereocenters. The molecule has 0 amide bonds. The van der Waals surface area contributed by atoms with E-state index in [1.54, 1.807) is 45.0 Å². The summed E-state index contributed by atoms with van der Waals surface area (Å²) < 4.78 is 9.44. The fourth-order valence-electron chi connectivity index (χ4n) is 1.62. The van der Waals surface area contributed by atoms with Gasteiger partial charge in [0.05, 0.1) is 5.69 Å². The van der Waals surface area contributed by atoms with E-state index >= 15 is 0 Å². The van der Waals surface area contributed by atoms with Crippen molar-refractivity contribution in [1.82, 2.24) is 0 Å². The van der Waals surface area contributed by atoms with Crippen molar-refractivity contribution in [2.45, 2.75) is 38.8 Å². The third kappa shape index (κ3) is 7.28. The molecular formula is C15H22N4O4. The zero-order valence-electron chi connectivity index (χ0n) is 13.4. The van der Waals surface area contributed by atoms with E-state index in [-0.39, 0.29) is 12.4 Å². The van der Waals surface area contributed by atoms with Gasteiger partial charge in [-0.1, -0.05) is 12.1 Å². The first kappa shape index (κ1) is 18.4. The first-order valence-electron chi connectivity index (χ1n) is 6.95. The van der Waals surface area contributed by atoms with E-state index in [0.717, 1.165) is 5.56 Å². The van der Waals surface area contributed by atoms with Gasteiger partial charge in [-0.15, -0.1) is 0 Å². The van der Waals surface area contributed by atoms with Gasteiger partial charge in [0, 0.05) is 0 Å². The number of carbonyl (C=O) groups excluding carboxylic acids is 2. The van der Waals surface area contributed by atoms with Crippen LogP contribution in [0.3, 0.4) is 0 Å². The van der Waals surface area contributed by atoms with E-state index in [9.17, 15) is 9.59 Å². The monoisotopic (exact) mass is 322 g/mol. The number of carbonyl (C=O) groups is 2. The quantitative estimate of drug-likeness (QED) is 0.324. The van der Waals surface area contributed by atoms with Crippen LogP contribution < -0.4 is 17.2 Å². The number of hydrogen-bond donors (Lipinski definition) is 3. The predicted octanol–water partition coefficient (Wildman–Crippen LogP) is 0.940. The lowest BCUT2D eigenvalue weighted by molar-refractivity contribution is -0.142. The minimum absolute atomic E-state index is 0.0459. The van der Waals surface area contributed by atoms with E-state index in [1.807, 2.05) is 0 Å². The summed E-state index contributed by atoms with van der Waals surface area (Å²) in [6.45, 7) is 4.99. The van der Waals surface area contributed by atoms with Gasteiger partial charge in [0.2, 0.25) is 0 Å². The van der Waals surface area contributed by atoms with Gasteiger partial charge in [-0.2, -0.15) is 0 Å². The van der Waals surface area contributed by atoms with Crippen molar-refractivity contribution in [3.63, 3.8) is 0 Å². The highest BCUT2D eigenvalue weighted by Crippen LogP contribution is 2.14. The molecule has 0 saturated carbocycles. The molecule has 6 N–H and O–H groups in total. The van der Waals surface area contributed by atoms with Crippen LogP contribution in [0.5, 0.6) is 0 Å². The molecule has 1 aromatic rings. The minimum atomic E-state index is -1.07. The van der Waals surface area contributed by atoms with Crippen molar-refractivity contribution in [2.24, 2.45) is 22.2 Å². The van der Waals surface area contributed by atoms with Crippen LogP contribution in [-0.4, -0.2) is 29.7 Å². The summed E-state index contributed by atoms with van der Waals surface area (Å²) in [5, 5.41) is 0. The first-order valence-corrected chi connectivity index (χ1v) is 6.95. The molecule has 0 spiro atoms. The molecule has 0 fully saturated rings. The first-order chi connectivity index (χ1) is 10.6. The van der Waals surface area contributed by atoms with Gasteiger partial charge < -0.3 is 26.7 Å². The molecule has 0 aliphatic carbocycles. The molecule has 8 nitrogen and oxygen atoms in total. The Hall–Kier alpha value is -2.61. The molecule has 126 valence electrons. The average molecular weight is 322 g/mol. The van der Waals surface area contributed by atoms with Crippen LogP contribution in [0, 0.1) is 0 Å². The number of rotatable bonds is 4. The Labute approximate surface area is 134 Å². The second-order valence-electron chi connectivity index (χ2n) is 5.90. The lowest BCUT2D eigenvalue weighted by atomic mass is 10.1. The summed E-state index contributed by atoms with van der Waals surface area (Å²) in [6, 6.07) is 5.82. The number of esters is 1. The Balaban J connectivity index is 2.58. The lowest BCUT2D eigenvalue weighted by Gasteiger charge is -2.19. The topological polar surface area (TPSA) is 143 Å². The smallest absolute Gasteiger partial charge is 0.428 e. The van der Waals surface area contributed by atoms with Crippen molar-refractivity contribution >= 4 is 23.8 Å². The maximum absolute atomic E-state index is 11.8. The SMILES string of the molecule is CC(C)(C)OC(=O)OC(=O)[C@@H](N)Cc1ccc(N=C(N)N)cc1. The Morgan fingerprint density at radius 3 is 2.22 bits per heavy atom. The van der Waals surface area contributed by atoms with Crippen LogP contribution >= 0.6 is 0 Å². The third-order valence-electron chi connectivity index (χ3n) is 2.53. The van der Waals surface area contributed by atoms with Crippen molar-refractivity contribution in [3.8, 4) is 0 Å². The highest BCUT2D eigenvalue weighted by atomic mass is 16.7. The highest BCUT2D eigenvalue weighted by molar-refractivity contribution is 5.85. The number of nitrogens with zero attached hydrogens (tertiary/aromatic N) is 1. The molecule has 0 aliphatic rings. The summed E-state index contributed by atoms with van der Waals surface area (Å²) >= 11 is 0. The summed E-state index contributed by atoms with van der Waals surface area (Å²) in [6.07, 6.45) is -0.870. The molecule has 23 heavy (non-hydrogen) atoms. The maximum atomic E-state index is 11.8. The molecule has 1 rings (SSSR count). The van der Waals surface area contributed by atoms with Gasteiger partial charge in [0.15, 0.2) is 5.96 Å². The molecule has 1 aromatic carbocycles. The van der Waals surface area contributed by atoms with Crippen molar-refractivity contribution in [2.75, 3.05) is 0 Å². The molecule has 0 aromatic heterocycles. The fourth-order valence-corrected chi connectivity index (χ4v) is 1.62. The third-order valence-corrected chi connectivity index (χ3v) is 2.53. The van der Waals surface area contributed by atoms with Crippen LogP contribution in [0.4, 0.5) is 10.5 Å². The summed E-state index contributed by atoms with van der Waals surface area (Å²) in [5.41, 5.74) is 16.9. The second-order valence-corrected chi connectivity index (χ2v) is 5.90. The van der Waals surface area contributed by atoms with Crippen LogP contribution in [0.15, 0.2) is 29.3 Å². The Morgan fingerprint density at radius 2 is 1.74 bits per heavy atom. The van der Waals surface area contributed by atoms with E-state index in [4.69, 9.17) is 21.9 Å². The highest BCUT2D eigenvalue weighted by Gasteiger charge is 2.24. The number of hydrogen-bond acceptors (Lipinski definition) is 6. The summed E-state index contributed by atoms with van der Waals surface area (Å²) in [7, 11) is 0. The standard InChI is InChI=1S/C15H22N4O4/c1-15(2,3)23-14(21)22-12(20)11(16)8-9-4-6-10(7-5-9)19-13(17)18/h4-7,11H,8,16H2,1-3H3,(H4,17,18,19)/t11-/m0/s1. The second kappa shape index (κ2) is 7.59. The van der Waals surface area contributed by atoms with Gasteiger partial charge in [0.25, 0.3) is 0 Å². The van der Waals surface area contributed by atoms with E-state index in [2.05, 4.69) is 9.73 Å². The summed E-state index contributed by atoms with van der Waals surface area (Å²) in [4.78, 5) is 27.0. The Bertz CT molecular complexity index is 586. The van der Waals surface area contributed by atoms with Gasteiger partial charge in [-0.3, -0.25) is 0 Å². The van der Waals surface area contributed by atoms with Gasteiger partial charge in [0.1, 0.15) is 11.6 Å². The Morgan fingerprint density at radius 1 is 1.17 bits per heavy atom. The number of ether oxygens (including phenoxy) is 2. The van der Waals surface area contributed by atoms with E-state index < -0.39 is 23.8 Å². The minimum Gasteiger partial charge on any atom is -0.428 e. The van der Waals surface area contributed by atoms with Crippen molar-refractivity contribution < 1.29 is 19.1 Å². The molecule has 0 unspecified atom stereocenters. The van der Waals surface area contributed by atoms with Gasteiger partial charge in [-0.05, 0) is 44.9 Å². The van der Waals surface area contributed by atoms with Crippen LogP contribution in [-0.2, 0) is 20.7 Å². The van der Waals surface area contributed by atoms with Crippen molar-refractivity contribution in [1.29, 1.82) is 0 Å². The lowest BCUT2D eigenvalue weighted by Crippen LogP contribution is -2.37. The van der Waals surface area contributed by atoms with Crippen LogP contribution in [0.25, 0.3) is 0 Å². The Kier molecular flexibility index (Phi) is 6.09. The maximum Gasteiger partial charge on any atom is 0.516 e. The normalized spacial score (nSPS) is 12.2. The molecule has 8 heteroatoms. The average Bonchev–Trinajstić information content (AvgIpc) is 2.37. The largest absolute Gasteiger partial charge is 0.516 e. The van der Waals surface area contributed by atoms with E-state index in [0.29, 0.717) is 5.69 Å². The molecular weight excluding hydrogens is 300 g/mol. The molecule has 0 saturated heterocycles. The fraction of sp³-hybridized carbons (Fsp3) is 0.400. The zero-order chi connectivity index (χ0) is 17.6. The molecule has 0 aliphatic heterocycles. The van der Waals surface area contributed by atoms with Crippen molar-refractivity contribution in [3.05, 3.63) is 29.8 Å². The number of nitrogens with two attached hydrogens (primary N) is 3. The molecule has 0 heterocycles. The number of aliphatic imine (C=N–C) groups is 1. The predicted molar refractivity (Wildman–Crippen MR) is 85.9 cm³/mol. The van der Waals surface area contributed by atoms with Gasteiger partial charge in [-0.25, -0.2) is 14.6 Å².